The summed E-state index contributed by atoms with van der Waals surface area (Å²) in [6, 6.07) is 9.90. The van der Waals surface area contributed by atoms with Gasteiger partial charge in [0.25, 0.3) is 28.7 Å². The maximum atomic E-state index is 12.7. The minimum absolute atomic E-state index is 0.173. The Morgan fingerprint density at radius 1 is 0.667 bits per heavy atom. The number of nitrogens with one attached hydrogen (secondary N) is 1. The molecular formula is C20H11N5O11. The van der Waals surface area contributed by atoms with Crippen molar-refractivity contribution in [1.29, 1.82) is 0 Å². The van der Waals surface area contributed by atoms with Gasteiger partial charge >= 0.3 is 5.97 Å². The fraction of sp³-hybridized carbons (Fsp3) is 0. The summed E-state index contributed by atoms with van der Waals surface area (Å²) in [4.78, 5) is 65.9. The molecule has 0 aliphatic rings. The van der Waals surface area contributed by atoms with E-state index < -0.39 is 65.4 Å². The average molecular weight is 497 g/mol. The number of non-ortho nitro benzene ring substituents is 2. The number of anilines is 1. The normalized spacial score (nSPS) is 10.2. The summed E-state index contributed by atoms with van der Waals surface area (Å²) in [6.07, 6.45) is 0. The topological polar surface area (TPSA) is 228 Å². The highest BCUT2D eigenvalue weighted by molar-refractivity contribution is 6.08. The van der Waals surface area contributed by atoms with Crippen LogP contribution in [0.2, 0.25) is 0 Å². The largest absolute Gasteiger partial charge is 0.421 e. The summed E-state index contributed by atoms with van der Waals surface area (Å²) in [5.41, 5.74) is -4.30. The first-order valence-corrected chi connectivity index (χ1v) is 9.47. The predicted octanol–water partition coefficient (Wildman–Crippen LogP) is 3.79. The van der Waals surface area contributed by atoms with E-state index in [1.165, 1.54) is 24.3 Å². The van der Waals surface area contributed by atoms with E-state index in [1.54, 1.807) is 0 Å². The van der Waals surface area contributed by atoms with Crippen LogP contribution >= 0.6 is 0 Å². The molecule has 1 amide bonds. The van der Waals surface area contributed by atoms with E-state index >= 15 is 0 Å². The minimum Gasteiger partial charge on any atom is -0.421 e. The van der Waals surface area contributed by atoms with Crippen molar-refractivity contribution in [2.24, 2.45) is 0 Å². The summed E-state index contributed by atoms with van der Waals surface area (Å²) in [7, 11) is 0. The van der Waals surface area contributed by atoms with Gasteiger partial charge in [-0.2, -0.15) is 0 Å². The van der Waals surface area contributed by atoms with E-state index in [1.807, 2.05) is 0 Å². The fourth-order valence-corrected chi connectivity index (χ4v) is 2.94. The van der Waals surface area contributed by atoms with Crippen LogP contribution < -0.4 is 10.1 Å². The van der Waals surface area contributed by atoms with Crippen molar-refractivity contribution in [3.8, 4) is 5.75 Å². The molecule has 0 bridgehead atoms. The van der Waals surface area contributed by atoms with E-state index in [0.717, 1.165) is 24.3 Å². The van der Waals surface area contributed by atoms with Crippen molar-refractivity contribution in [1.82, 2.24) is 0 Å². The number of para-hydroxylation sites is 2. The number of nitro benzene ring substituents is 4. The van der Waals surface area contributed by atoms with Gasteiger partial charge in [0.1, 0.15) is 11.1 Å². The molecule has 3 aromatic rings. The summed E-state index contributed by atoms with van der Waals surface area (Å²) in [6.45, 7) is 0. The van der Waals surface area contributed by atoms with E-state index in [9.17, 15) is 50.0 Å². The van der Waals surface area contributed by atoms with Crippen LogP contribution in [-0.4, -0.2) is 31.6 Å². The Hall–Kier alpha value is -5.80. The molecule has 16 heteroatoms. The van der Waals surface area contributed by atoms with Gasteiger partial charge < -0.3 is 10.1 Å². The van der Waals surface area contributed by atoms with E-state index in [-0.39, 0.29) is 11.4 Å². The Kier molecular flexibility index (Phi) is 6.90. The molecule has 3 rings (SSSR count). The maximum Gasteiger partial charge on any atom is 0.350 e. The van der Waals surface area contributed by atoms with Gasteiger partial charge in [-0.15, -0.1) is 0 Å². The fourth-order valence-electron chi connectivity index (χ4n) is 2.94. The minimum atomic E-state index is -1.28. The third-order valence-electron chi connectivity index (χ3n) is 4.58. The quantitative estimate of drug-likeness (QED) is 0.203. The van der Waals surface area contributed by atoms with Gasteiger partial charge in [-0.05, 0) is 24.3 Å². The van der Waals surface area contributed by atoms with Gasteiger partial charge in [0.05, 0.1) is 37.5 Å². The van der Waals surface area contributed by atoms with Gasteiger partial charge in [-0.3, -0.25) is 45.3 Å². The number of nitrogens with zero attached hydrogens (tertiary/aromatic N) is 4. The molecule has 0 radical (unpaired) electrons. The second-order valence-corrected chi connectivity index (χ2v) is 6.77. The Balaban J connectivity index is 1.92. The van der Waals surface area contributed by atoms with Gasteiger partial charge in [0.15, 0.2) is 5.75 Å². The molecule has 0 spiro atoms. The molecule has 36 heavy (non-hydrogen) atoms. The van der Waals surface area contributed by atoms with Crippen molar-refractivity contribution in [2.45, 2.75) is 0 Å². The van der Waals surface area contributed by atoms with Crippen molar-refractivity contribution in [3.63, 3.8) is 0 Å². The number of hydrogen-bond donors (Lipinski definition) is 1. The first-order valence-electron chi connectivity index (χ1n) is 9.47. The summed E-state index contributed by atoms with van der Waals surface area (Å²) >= 11 is 0. The SMILES string of the molecule is O=C(Nc1ccccc1OC(=O)c1ccc([N+](=O)[O-])cc1[N+](=O)[O-])c1ccc([N+](=O)[O-])cc1[N+](=O)[O-]. The van der Waals surface area contributed by atoms with Crippen LogP contribution in [0.25, 0.3) is 0 Å². The average Bonchev–Trinajstić information content (AvgIpc) is 2.84. The highest BCUT2D eigenvalue weighted by Gasteiger charge is 2.27. The van der Waals surface area contributed by atoms with Crippen LogP contribution in [0.1, 0.15) is 20.7 Å². The molecule has 0 heterocycles. The maximum absolute atomic E-state index is 12.7. The lowest BCUT2D eigenvalue weighted by molar-refractivity contribution is -0.394. The summed E-state index contributed by atoms with van der Waals surface area (Å²) in [5.74, 6) is -2.66. The zero-order valence-electron chi connectivity index (χ0n) is 17.6. The smallest absolute Gasteiger partial charge is 0.350 e. The Bertz CT molecular complexity index is 1350. The zero-order chi connectivity index (χ0) is 26.6. The zero-order valence-corrected chi connectivity index (χ0v) is 17.6. The molecule has 16 nitrogen and oxygen atoms in total. The molecule has 0 aromatic heterocycles. The molecule has 0 unspecified atom stereocenters. The highest BCUT2D eigenvalue weighted by Crippen LogP contribution is 2.31. The number of rotatable bonds is 8. The third-order valence-corrected chi connectivity index (χ3v) is 4.58. The number of esters is 1. The highest BCUT2D eigenvalue weighted by atomic mass is 16.6. The van der Waals surface area contributed by atoms with Gasteiger partial charge in [-0.25, -0.2) is 4.79 Å². The molecule has 0 saturated heterocycles. The van der Waals surface area contributed by atoms with Gasteiger partial charge in [0, 0.05) is 12.1 Å². The molecule has 182 valence electrons. The Morgan fingerprint density at radius 3 is 1.69 bits per heavy atom. The lowest BCUT2D eigenvalue weighted by Crippen LogP contribution is -2.17. The molecule has 0 aliphatic carbocycles. The number of nitro groups is 4. The number of carbonyl (C=O) groups is 2. The second-order valence-electron chi connectivity index (χ2n) is 6.77. The molecule has 0 atom stereocenters. The van der Waals surface area contributed by atoms with Gasteiger partial charge in [0.2, 0.25) is 0 Å². The van der Waals surface area contributed by atoms with Crippen LogP contribution in [0.3, 0.4) is 0 Å². The number of ether oxygens (including phenoxy) is 1. The summed E-state index contributed by atoms with van der Waals surface area (Å²) in [5, 5.41) is 46.7. The van der Waals surface area contributed by atoms with E-state index in [0.29, 0.717) is 12.1 Å². The van der Waals surface area contributed by atoms with Crippen LogP contribution in [0.15, 0.2) is 60.7 Å². The van der Waals surface area contributed by atoms with Crippen LogP contribution in [-0.2, 0) is 0 Å². The third kappa shape index (κ3) is 5.22. The van der Waals surface area contributed by atoms with Gasteiger partial charge in [-0.1, -0.05) is 12.1 Å². The number of carbonyl (C=O) groups excluding carboxylic acids is 2. The van der Waals surface area contributed by atoms with E-state index in [4.69, 9.17) is 4.74 Å². The standard InChI is InChI=1S/C20H11N5O11/c26-19(13-7-5-11(22(28)29)9-16(13)24(32)33)21-15-3-1-2-4-18(15)36-20(27)14-8-6-12(23(30)31)10-17(14)25(34)35/h1-10H,(H,21,26). The van der Waals surface area contributed by atoms with E-state index in [2.05, 4.69) is 5.32 Å². The van der Waals surface area contributed by atoms with Crippen LogP contribution in [0.4, 0.5) is 28.4 Å². The molecule has 1 N–H and O–H groups in total. The molecule has 0 aliphatic heterocycles. The first kappa shape index (κ1) is 24.8. The van der Waals surface area contributed by atoms with Crippen LogP contribution in [0.5, 0.6) is 5.75 Å². The first-order chi connectivity index (χ1) is 17.0. The second kappa shape index (κ2) is 10.00. The molecular weight excluding hydrogens is 486 g/mol. The summed E-state index contributed by atoms with van der Waals surface area (Å²) < 4.78 is 5.14. The van der Waals surface area contributed by atoms with Crippen molar-refractivity contribution >= 4 is 40.3 Å². The number of benzene rings is 3. The van der Waals surface area contributed by atoms with Crippen molar-refractivity contribution in [2.75, 3.05) is 5.32 Å². The number of amides is 1. The molecule has 0 fully saturated rings. The Morgan fingerprint density at radius 2 is 1.17 bits per heavy atom. The lowest BCUT2D eigenvalue weighted by Gasteiger charge is -2.11. The molecule has 0 saturated carbocycles. The predicted molar refractivity (Wildman–Crippen MR) is 119 cm³/mol. The molecule has 3 aromatic carbocycles. The lowest BCUT2D eigenvalue weighted by atomic mass is 10.1. The van der Waals surface area contributed by atoms with Crippen molar-refractivity contribution < 1.29 is 34.0 Å². The Labute approximate surface area is 198 Å². The monoisotopic (exact) mass is 497 g/mol. The number of hydrogen-bond acceptors (Lipinski definition) is 11. The van der Waals surface area contributed by atoms with Crippen molar-refractivity contribution in [3.05, 3.63) is 112 Å². The van der Waals surface area contributed by atoms with Crippen LogP contribution in [0, 0.1) is 40.5 Å².